The number of rotatable bonds is 10. The van der Waals surface area contributed by atoms with Gasteiger partial charge in [-0.15, -0.1) is 0 Å². The second-order valence-corrected chi connectivity index (χ2v) is 13.6. The number of amides is 4. The molecule has 2 aliphatic heterocycles. The quantitative estimate of drug-likeness (QED) is 0.257. The molecule has 2 aromatic carbocycles. The lowest BCUT2D eigenvalue weighted by atomic mass is 9.93. The SMILES string of the molecule is [C-]#[N+]C1(c2ccc(N3C[C@H](CNC(C)=O)OC3=O)cc2-c2cccnc2)CC1.[C-]#[N+]C1(c2ccc(N3C[C@H](CNC(C)=O)OC3=O)cc2CC)CC1. The summed E-state index contributed by atoms with van der Waals surface area (Å²) in [7, 11) is 0. The summed E-state index contributed by atoms with van der Waals surface area (Å²) in [4.78, 5) is 61.6. The van der Waals surface area contributed by atoms with Crippen molar-refractivity contribution in [2.75, 3.05) is 36.0 Å². The van der Waals surface area contributed by atoms with E-state index in [0.717, 1.165) is 65.6 Å². The molecular weight excluding hydrogens is 662 g/mol. The van der Waals surface area contributed by atoms with Gasteiger partial charge in [-0.3, -0.25) is 24.4 Å². The van der Waals surface area contributed by atoms with E-state index in [1.807, 2.05) is 48.5 Å². The molecular formula is C39H41N7O6. The zero-order chi connectivity index (χ0) is 37.0. The largest absolute Gasteiger partial charge is 0.442 e. The van der Waals surface area contributed by atoms with Gasteiger partial charge in [0.2, 0.25) is 11.8 Å². The molecule has 7 rings (SSSR count). The minimum absolute atomic E-state index is 0.143. The Morgan fingerprint density at radius 3 is 1.81 bits per heavy atom. The van der Waals surface area contributed by atoms with Crippen LogP contribution >= 0.6 is 0 Å². The number of hydrogen-bond donors (Lipinski definition) is 2. The van der Waals surface area contributed by atoms with Crippen molar-refractivity contribution < 1.29 is 28.7 Å². The first-order chi connectivity index (χ1) is 25.0. The van der Waals surface area contributed by atoms with Crippen molar-refractivity contribution in [3.8, 4) is 11.1 Å². The lowest BCUT2D eigenvalue weighted by Crippen LogP contribution is -2.33. The molecule has 2 aliphatic carbocycles. The number of carbonyl (C=O) groups excluding carboxylic acids is 4. The molecule has 0 bridgehead atoms. The van der Waals surface area contributed by atoms with Gasteiger partial charge in [0.15, 0.2) is 0 Å². The van der Waals surface area contributed by atoms with Crippen molar-refractivity contribution in [2.45, 2.75) is 76.2 Å². The normalized spacial score (nSPS) is 20.3. The number of nitrogens with zero attached hydrogens (tertiary/aromatic N) is 5. The first kappa shape index (κ1) is 35.9. The smallest absolute Gasteiger partial charge is 0.414 e. The van der Waals surface area contributed by atoms with E-state index in [1.54, 1.807) is 22.2 Å². The molecule has 0 spiro atoms. The Bertz CT molecular complexity index is 1960. The second kappa shape index (κ2) is 14.7. The van der Waals surface area contributed by atoms with Crippen molar-refractivity contribution >= 4 is 35.4 Å². The van der Waals surface area contributed by atoms with Crippen LogP contribution in [0.15, 0.2) is 60.9 Å². The Labute approximate surface area is 302 Å². The maximum atomic E-state index is 12.4. The average Bonchev–Trinajstić information content (AvgIpc) is 4.06. The second-order valence-electron chi connectivity index (χ2n) is 13.6. The summed E-state index contributed by atoms with van der Waals surface area (Å²) in [6, 6.07) is 15.4. The lowest BCUT2D eigenvalue weighted by molar-refractivity contribution is -0.120. The van der Waals surface area contributed by atoms with Crippen LogP contribution in [0.1, 0.15) is 63.1 Å². The third-order valence-electron chi connectivity index (χ3n) is 9.85. The van der Waals surface area contributed by atoms with E-state index >= 15 is 0 Å². The van der Waals surface area contributed by atoms with Crippen LogP contribution in [0.25, 0.3) is 20.8 Å². The summed E-state index contributed by atoms with van der Waals surface area (Å²) in [5, 5.41) is 5.35. The van der Waals surface area contributed by atoms with Crippen LogP contribution in [0.4, 0.5) is 21.0 Å². The maximum Gasteiger partial charge on any atom is 0.414 e. The third-order valence-corrected chi connectivity index (χ3v) is 9.85. The van der Waals surface area contributed by atoms with Crippen molar-refractivity contribution in [2.24, 2.45) is 0 Å². The van der Waals surface area contributed by atoms with Crippen molar-refractivity contribution in [1.82, 2.24) is 15.6 Å². The fourth-order valence-electron chi connectivity index (χ4n) is 6.67. The number of hydrogen-bond acceptors (Lipinski definition) is 7. The highest BCUT2D eigenvalue weighted by molar-refractivity contribution is 5.92. The van der Waals surface area contributed by atoms with Crippen LogP contribution in [-0.2, 0) is 36.6 Å². The van der Waals surface area contributed by atoms with Gasteiger partial charge in [-0.25, -0.2) is 22.7 Å². The molecule has 13 nitrogen and oxygen atoms in total. The monoisotopic (exact) mass is 703 g/mol. The molecule has 268 valence electrons. The Morgan fingerprint density at radius 1 is 0.827 bits per heavy atom. The summed E-state index contributed by atoms with van der Waals surface area (Å²) in [6.45, 7) is 21.4. The molecule has 2 N–H and O–H groups in total. The molecule has 0 unspecified atom stereocenters. The van der Waals surface area contributed by atoms with E-state index in [-0.39, 0.29) is 30.0 Å². The molecule has 1 aromatic heterocycles. The predicted octanol–water partition coefficient (Wildman–Crippen LogP) is 5.74. The first-order valence-corrected chi connectivity index (χ1v) is 17.4. The first-order valence-electron chi connectivity index (χ1n) is 17.4. The highest BCUT2D eigenvalue weighted by Gasteiger charge is 2.54. The van der Waals surface area contributed by atoms with Gasteiger partial charge in [-0.2, -0.15) is 0 Å². The van der Waals surface area contributed by atoms with Crippen LogP contribution in [0.5, 0.6) is 0 Å². The molecule has 3 aromatic rings. The van der Waals surface area contributed by atoms with E-state index in [9.17, 15) is 19.2 Å². The third kappa shape index (κ3) is 7.54. The summed E-state index contributed by atoms with van der Waals surface area (Å²) in [5.41, 5.74) is 5.68. The molecule has 13 heteroatoms. The van der Waals surface area contributed by atoms with Crippen LogP contribution in [0.3, 0.4) is 0 Å². The summed E-state index contributed by atoms with van der Waals surface area (Å²) >= 11 is 0. The Balaban J connectivity index is 0.000000181. The highest BCUT2D eigenvalue weighted by atomic mass is 16.6. The van der Waals surface area contributed by atoms with Crippen molar-refractivity contribution in [3.63, 3.8) is 0 Å². The minimum atomic E-state index is -0.469. The van der Waals surface area contributed by atoms with E-state index < -0.39 is 23.8 Å². The van der Waals surface area contributed by atoms with Gasteiger partial charge < -0.3 is 29.8 Å². The minimum Gasteiger partial charge on any atom is -0.442 e. The van der Waals surface area contributed by atoms with Gasteiger partial charge >= 0.3 is 12.2 Å². The number of cyclic esters (lactones) is 2. The Kier molecular flexibility index (Phi) is 10.2. The molecule has 52 heavy (non-hydrogen) atoms. The van der Waals surface area contributed by atoms with Gasteiger partial charge in [0.1, 0.15) is 12.2 Å². The number of anilines is 2. The predicted molar refractivity (Wildman–Crippen MR) is 193 cm³/mol. The van der Waals surface area contributed by atoms with Gasteiger partial charge in [0.05, 0.1) is 26.2 Å². The van der Waals surface area contributed by atoms with E-state index in [0.29, 0.717) is 25.3 Å². The summed E-state index contributed by atoms with van der Waals surface area (Å²) in [6.07, 6.45) is 6.22. The van der Waals surface area contributed by atoms with Gasteiger partial charge in [-0.1, -0.05) is 13.0 Å². The van der Waals surface area contributed by atoms with Crippen LogP contribution in [-0.4, -0.2) is 67.4 Å². The van der Waals surface area contributed by atoms with Crippen LogP contribution < -0.4 is 20.4 Å². The zero-order valence-electron chi connectivity index (χ0n) is 29.5. The number of ether oxygens (including phenoxy) is 2. The van der Waals surface area contributed by atoms with E-state index in [4.69, 9.17) is 22.6 Å². The summed E-state index contributed by atoms with van der Waals surface area (Å²) < 4.78 is 10.7. The van der Waals surface area contributed by atoms with Gasteiger partial charge in [-0.05, 0) is 60.0 Å². The van der Waals surface area contributed by atoms with Gasteiger partial charge in [0.25, 0.3) is 11.1 Å². The van der Waals surface area contributed by atoms with E-state index in [2.05, 4.69) is 32.2 Å². The Morgan fingerprint density at radius 2 is 1.35 bits per heavy atom. The number of pyridine rings is 1. The van der Waals surface area contributed by atoms with Crippen molar-refractivity contribution in [3.05, 3.63) is 100 Å². The highest BCUT2D eigenvalue weighted by Crippen LogP contribution is 2.53. The van der Waals surface area contributed by atoms with Crippen molar-refractivity contribution in [1.29, 1.82) is 0 Å². The number of aryl methyl sites for hydroxylation is 1. The molecule has 3 heterocycles. The topological polar surface area (TPSA) is 139 Å². The zero-order valence-corrected chi connectivity index (χ0v) is 29.5. The molecule has 2 saturated carbocycles. The number of nitrogens with one attached hydrogen (secondary N) is 2. The molecule has 4 amide bonds. The van der Waals surface area contributed by atoms with Gasteiger partial charge in [0, 0.05) is 80.0 Å². The van der Waals surface area contributed by atoms with Crippen LogP contribution in [0.2, 0.25) is 0 Å². The molecule has 0 radical (unpaired) electrons. The lowest BCUT2D eigenvalue weighted by Gasteiger charge is -2.17. The standard InChI is InChI=1S/C21H20N4O3.C18H21N3O3/c1-14(26)24-12-17-13-25(20(27)28-17)16-5-6-19(21(22-2)7-8-21)18(10-16)15-4-3-9-23-11-15;1-4-13-9-14(5-6-16(13)18(19-3)7-8-18)21-11-15(24-17(21)23)10-20-12(2)22/h3-6,9-11,17H,7-8,12-13H2,1H3,(H,24,26);5-6,9,15H,4,7-8,10-11H2,1-2H3,(H,20,22)/t17-;15-/m00/s1. The molecule has 2 atom stereocenters. The molecule has 4 aliphatic rings. The maximum absolute atomic E-state index is 12.4. The number of benzene rings is 2. The fraction of sp³-hybridized carbons (Fsp3) is 0.410. The number of aromatic nitrogens is 1. The summed E-state index contributed by atoms with van der Waals surface area (Å²) in [5.74, 6) is -0.303. The van der Waals surface area contributed by atoms with Crippen LogP contribution in [0, 0.1) is 13.1 Å². The van der Waals surface area contributed by atoms with E-state index in [1.165, 1.54) is 13.8 Å². The number of carbonyl (C=O) groups is 4. The fourth-order valence-corrected chi connectivity index (χ4v) is 6.67. The average molecular weight is 704 g/mol. The molecule has 4 fully saturated rings. The Hall–Kier alpha value is -5.95. The molecule has 2 saturated heterocycles.